The standard InChI is InChI=1S/C15H22N2O5/c1-9(2)13(11-8-12(20-3)16-22-11)14(18)17-7-5-6-10(17)15(19)21-4/h8-10,13H,5-7H2,1-4H3. The van der Waals surface area contributed by atoms with E-state index in [1.807, 2.05) is 13.8 Å². The Balaban J connectivity index is 2.24. The summed E-state index contributed by atoms with van der Waals surface area (Å²) in [7, 11) is 2.83. The molecule has 0 radical (unpaired) electrons. The smallest absolute Gasteiger partial charge is 0.328 e. The van der Waals surface area contributed by atoms with E-state index in [1.165, 1.54) is 14.2 Å². The third kappa shape index (κ3) is 3.08. The van der Waals surface area contributed by atoms with Gasteiger partial charge >= 0.3 is 5.97 Å². The molecular formula is C15H22N2O5. The summed E-state index contributed by atoms with van der Waals surface area (Å²) in [6.07, 6.45) is 1.42. The molecule has 0 N–H and O–H groups in total. The van der Waals surface area contributed by atoms with E-state index in [4.69, 9.17) is 14.0 Å². The van der Waals surface area contributed by atoms with Crippen LogP contribution in [0.15, 0.2) is 10.6 Å². The topological polar surface area (TPSA) is 81.9 Å². The molecule has 1 fully saturated rings. The average Bonchev–Trinajstić information content (AvgIpc) is 3.15. The van der Waals surface area contributed by atoms with Crippen molar-refractivity contribution in [1.82, 2.24) is 10.1 Å². The van der Waals surface area contributed by atoms with Crippen molar-refractivity contribution in [1.29, 1.82) is 0 Å². The molecule has 1 aliphatic rings. The average molecular weight is 310 g/mol. The zero-order chi connectivity index (χ0) is 16.3. The summed E-state index contributed by atoms with van der Waals surface area (Å²) in [5.74, 6) is -0.220. The van der Waals surface area contributed by atoms with Crippen LogP contribution in [0.1, 0.15) is 38.4 Å². The van der Waals surface area contributed by atoms with Crippen LogP contribution in [0.25, 0.3) is 0 Å². The van der Waals surface area contributed by atoms with Gasteiger partial charge in [-0.1, -0.05) is 13.8 Å². The maximum atomic E-state index is 12.9. The van der Waals surface area contributed by atoms with Crippen LogP contribution in [0.2, 0.25) is 0 Å². The molecule has 1 amide bonds. The molecule has 1 aromatic rings. The van der Waals surface area contributed by atoms with Crippen molar-refractivity contribution >= 4 is 11.9 Å². The monoisotopic (exact) mass is 310 g/mol. The molecule has 0 spiro atoms. The summed E-state index contributed by atoms with van der Waals surface area (Å²) in [4.78, 5) is 26.3. The number of likely N-dealkylation sites (tertiary alicyclic amines) is 1. The molecule has 2 rings (SSSR count). The van der Waals surface area contributed by atoms with Gasteiger partial charge in [-0.3, -0.25) is 4.79 Å². The molecule has 0 saturated carbocycles. The van der Waals surface area contributed by atoms with Crippen molar-refractivity contribution in [2.75, 3.05) is 20.8 Å². The SMILES string of the molecule is COC(=O)C1CCCN1C(=O)C(c1cc(OC)no1)C(C)C. The molecule has 7 heteroatoms. The number of hydrogen-bond donors (Lipinski definition) is 0. The Bertz CT molecular complexity index is 540. The Kier molecular flexibility index (Phi) is 5.05. The zero-order valence-corrected chi connectivity index (χ0v) is 13.4. The first-order chi connectivity index (χ1) is 10.5. The molecule has 2 heterocycles. The van der Waals surface area contributed by atoms with E-state index in [2.05, 4.69) is 5.16 Å². The highest BCUT2D eigenvalue weighted by atomic mass is 16.5. The summed E-state index contributed by atoms with van der Waals surface area (Å²) in [6, 6.07) is 1.11. The minimum atomic E-state index is -0.511. The first-order valence-corrected chi connectivity index (χ1v) is 7.38. The van der Waals surface area contributed by atoms with Gasteiger partial charge in [-0.05, 0) is 23.9 Å². The van der Waals surface area contributed by atoms with Crippen LogP contribution in [0.3, 0.4) is 0 Å². The van der Waals surface area contributed by atoms with Crippen LogP contribution in [-0.2, 0) is 14.3 Å². The van der Waals surface area contributed by atoms with E-state index >= 15 is 0 Å². The Labute approximate surface area is 129 Å². The van der Waals surface area contributed by atoms with Crippen molar-refractivity contribution in [3.8, 4) is 5.88 Å². The first kappa shape index (κ1) is 16.3. The summed E-state index contributed by atoms with van der Waals surface area (Å²) < 4.78 is 15.0. The molecule has 122 valence electrons. The molecule has 22 heavy (non-hydrogen) atoms. The van der Waals surface area contributed by atoms with Gasteiger partial charge in [0.2, 0.25) is 5.91 Å². The normalized spacial score (nSPS) is 19.3. The fourth-order valence-electron chi connectivity index (χ4n) is 2.84. The van der Waals surface area contributed by atoms with Gasteiger partial charge in [0.15, 0.2) is 5.76 Å². The second-order valence-corrected chi connectivity index (χ2v) is 5.71. The van der Waals surface area contributed by atoms with Crippen molar-refractivity contribution in [3.05, 3.63) is 11.8 Å². The Morgan fingerprint density at radius 2 is 2.14 bits per heavy atom. The predicted octanol–water partition coefficient (Wildman–Crippen LogP) is 1.59. The lowest BCUT2D eigenvalue weighted by Gasteiger charge is -2.28. The minimum absolute atomic E-state index is 0.00375. The number of nitrogens with zero attached hydrogens (tertiary/aromatic N) is 2. The summed E-state index contributed by atoms with van der Waals surface area (Å²) >= 11 is 0. The van der Waals surface area contributed by atoms with E-state index in [1.54, 1.807) is 11.0 Å². The van der Waals surface area contributed by atoms with Gasteiger partial charge in [0.05, 0.1) is 14.2 Å². The van der Waals surface area contributed by atoms with Crippen molar-refractivity contribution in [2.45, 2.75) is 38.6 Å². The zero-order valence-electron chi connectivity index (χ0n) is 13.4. The van der Waals surface area contributed by atoms with Gasteiger partial charge in [-0.2, -0.15) is 0 Å². The largest absolute Gasteiger partial charge is 0.479 e. The number of aromatic nitrogens is 1. The summed E-state index contributed by atoms with van der Waals surface area (Å²) in [5, 5.41) is 3.76. The number of hydrogen-bond acceptors (Lipinski definition) is 6. The number of esters is 1. The van der Waals surface area contributed by atoms with Crippen molar-refractivity contribution in [2.24, 2.45) is 5.92 Å². The predicted molar refractivity (Wildman–Crippen MR) is 77.4 cm³/mol. The van der Waals surface area contributed by atoms with Gasteiger partial charge in [-0.15, -0.1) is 0 Å². The van der Waals surface area contributed by atoms with Crippen LogP contribution in [0, 0.1) is 5.92 Å². The second-order valence-electron chi connectivity index (χ2n) is 5.71. The van der Waals surface area contributed by atoms with E-state index < -0.39 is 12.0 Å². The molecule has 1 aliphatic heterocycles. The van der Waals surface area contributed by atoms with E-state index in [0.29, 0.717) is 24.6 Å². The van der Waals surface area contributed by atoms with Gasteiger partial charge in [-0.25, -0.2) is 4.79 Å². The highest BCUT2D eigenvalue weighted by molar-refractivity contribution is 5.89. The van der Waals surface area contributed by atoms with Crippen LogP contribution < -0.4 is 4.74 Å². The van der Waals surface area contributed by atoms with Gasteiger partial charge in [0.25, 0.3) is 5.88 Å². The lowest BCUT2D eigenvalue weighted by molar-refractivity contribution is -0.152. The van der Waals surface area contributed by atoms with E-state index in [-0.39, 0.29) is 17.8 Å². The van der Waals surface area contributed by atoms with Gasteiger partial charge < -0.3 is 18.9 Å². The maximum absolute atomic E-state index is 12.9. The summed E-state index contributed by atoms with van der Waals surface area (Å²) in [6.45, 7) is 4.41. The molecule has 7 nitrogen and oxygen atoms in total. The van der Waals surface area contributed by atoms with Gasteiger partial charge in [0.1, 0.15) is 12.0 Å². The lowest BCUT2D eigenvalue weighted by Crippen LogP contribution is -2.44. The molecule has 1 aromatic heterocycles. The number of ether oxygens (including phenoxy) is 2. The Morgan fingerprint density at radius 1 is 1.41 bits per heavy atom. The molecule has 2 atom stereocenters. The highest BCUT2D eigenvalue weighted by Gasteiger charge is 2.40. The van der Waals surface area contributed by atoms with Crippen molar-refractivity contribution < 1.29 is 23.6 Å². The fourth-order valence-corrected chi connectivity index (χ4v) is 2.84. The third-order valence-corrected chi connectivity index (χ3v) is 3.96. The molecule has 0 bridgehead atoms. The number of methoxy groups -OCH3 is 2. The lowest BCUT2D eigenvalue weighted by atomic mass is 9.91. The second kappa shape index (κ2) is 6.81. The highest BCUT2D eigenvalue weighted by Crippen LogP contribution is 2.32. The first-order valence-electron chi connectivity index (χ1n) is 7.38. The molecule has 2 unspecified atom stereocenters. The van der Waals surface area contributed by atoms with Crippen molar-refractivity contribution in [3.63, 3.8) is 0 Å². The van der Waals surface area contributed by atoms with Crippen LogP contribution in [-0.4, -0.2) is 48.7 Å². The molecule has 1 saturated heterocycles. The maximum Gasteiger partial charge on any atom is 0.328 e. The molecule has 0 aromatic carbocycles. The molecular weight excluding hydrogens is 288 g/mol. The fraction of sp³-hybridized carbons (Fsp3) is 0.667. The van der Waals surface area contributed by atoms with E-state index in [9.17, 15) is 9.59 Å². The number of amides is 1. The quantitative estimate of drug-likeness (QED) is 0.768. The summed E-state index contributed by atoms with van der Waals surface area (Å²) in [5.41, 5.74) is 0. The minimum Gasteiger partial charge on any atom is -0.479 e. The van der Waals surface area contributed by atoms with Crippen LogP contribution >= 0.6 is 0 Å². The number of rotatable bonds is 5. The van der Waals surface area contributed by atoms with Crippen LogP contribution in [0.5, 0.6) is 5.88 Å². The Morgan fingerprint density at radius 3 is 2.68 bits per heavy atom. The number of carbonyl (C=O) groups excluding carboxylic acids is 2. The third-order valence-electron chi connectivity index (χ3n) is 3.96. The molecule has 0 aliphatic carbocycles. The van der Waals surface area contributed by atoms with Gasteiger partial charge in [0, 0.05) is 12.6 Å². The van der Waals surface area contributed by atoms with Crippen LogP contribution in [0.4, 0.5) is 0 Å². The Hall–Kier alpha value is -2.05. The number of carbonyl (C=O) groups is 2. The van der Waals surface area contributed by atoms with E-state index in [0.717, 1.165) is 6.42 Å².